The van der Waals surface area contributed by atoms with Crippen LogP contribution in [0.2, 0.25) is 0 Å². The van der Waals surface area contributed by atoms with Crippen molar-refractivity contribution < 1.29 is 19.0 Å². The molecule has 0 atom stereocenters. The number of carbonyl (C=O) groups excluding carboxylic acids is 1. The molecule has 1 aliphatic heterocycles. The molecule has 1 amide bonds. The molecule has 1 aromatic carbocycles. The minimum absolute atomic E-state index is 0.186. The number of anilines is 2. The van der Waals surface area contributed by atoms with Gasteiger partial charge in [-0.05, 0) is 36.8 Å². The number of hydrogen-bond donors (Lipinski definition) is 2. The third kappa shape index (κ3) is 5.13. The lowest BCUT2D eigenvalue weighted by Gasteiger charge is -2.26. The molecule has 0 saturated carbocycles. The highest BCUT2D eigenvalue weighted by molar-refractivity contribution is 6.04. The first-order valence-electron chi connectivity index (χ1n) is 11.1. The molecule has 0 aliphatic carbocycles. The molecule has 4 rings (SSSR count). The number of nitrogens with one attached hydrogen (secondary N) is 1. The quantitative estimate of drug-likeness (QED) is 0.482. The molecular formula is C24H29N5O5. The Morgan fingerprint density at radius 2 is 2.00 bits per heavy atom. The van der Waals surface area contributed by atoms with E-state index >= 15 is 0 Å². The number of methoxy groups -OCH3 is 1. The van der Waals surface area contributed by atoms with E-state index in [0.29, 0.717) is 40.4 Å². The van der Waals surface area contributed by atoms with Gasteiger partial charge in [0.05, 0.1) is 44.2 Å². The SMILES string of the molecule is COc1c(OCCCN2CCOCC2)ccc2c(=O)n(C)c(NC(=O)c3ccc(N)cn3)cc12. The number of rotatable bonds is 8. The number of amides is 1. The second kappa shape index (κ2) is 10.5. The summed E-state index contributed by atoms with van der Waals surface area (Å²) >= 11 is 0. The molecule has 2 aromatic heterocycles. The first kappa shape index (κ1) is 23.5. The number of nitrogens with two attached hydrogens (primary N) is 1. The summed E-state index contributed by atoms with van der Waals surface area (Å²) in [6, 6.07) is 8.27. The van der Waals surface area contributed by atoms with Crippen molar-refractivity contribution in [3.8, 4) is 11.5 Å². The highest BCUT2D eigenvalue weighted by atomic mass is 16.5. The molecule has 1 fully saturated rings. The van der Waals surface area contributed by atoms with Crippen molar-refractivity contribution >= 4 is 28.2 Å². The van der Waals surface area contributed by atoms with E-state index in [9.17, 15) is 9.59 Å². The molecule has 0 unspecified atom stereocenters. The number of ether oxygens (including phenoxy) is 3. The second-order valence-electron chi connectivity index (χ2n) is 8.04. The molecule has 1 aliphatic rings. The van der Waals surface area contributed by atoms with Crippen molar-refractivity contribution in [2.24, 2.45) is 7.05 Å². The van der Waals surface area contributed by atoms with Crippen molar-refractivity contribution in [2.45, 2.75) is 6.42 Å². The lowest BCUT2D eigenvalue weighted by atomic mass is 10.1. The maximum atomic E-state index is 13.0. The lowest BCUT2D eigenvalue weighted by Crippen LogP contribution is -2.37. The van der Waals surface area contributed by atoms with Crippen LogP contribution in [0.5, 0.6) is 11.5 Å². The normalized spacial score (nSPS) is 14.2. The fourth-order valence-electron chi connectivity index (χ4n) is 3.89. The van der Waals surface area contributed by atoms with Crippen LogP contribution in [0.1, 0.15) is 16.9 Å². The molecule has 3 aromatic rings. The zero-order valence-corrected chi connectivity index (χ0v) is 19.4. The highest BCUT2D eigenvalue weighted by Gasteiger charge is 2.17. The fourth-order valence-corrected chi connectivity index (χ4v) is 3.89. The summed E-state index contributed by atoms with van der Waals surface area (Å²) < 4.78 is 18.4. The van der Waals surface area contributed by atoms with Crippen LogP contribution >= 0.6 is 0 Å². The average Bonchev–Trinajstić information content (AvgIpc) is 2.85. The highest BCUT2D eigenvalue weighted by Crippen LogP contribution is 2.35. The number of pyridine rings is 2. The molecular weight excluding hydrogens is 438 g/mol. The van der Waals surface area contributed by atoms with Gasteiger partial charge in [-0.15, -0.1) is 0 Å². The van der Waals surface area contributed by atoms with E-state index in [1.165, 1.54) is 23.9 Å². The van der Waals surface area contributed by atoms with Crippen LogP contribution in [-0.4, -0.2) is 66.9 Å². The number of morpholine rings is 1. The molecule has 10 heteroatoms. The second-order valence-corrected chi connectivity index (χ2v) is 8.04. The Labute approximate surface area is 197 Å². The van der Waals surface area contributed by atoms with Gasteiger partial charge in [0.1, 0.15) is 11.5 Å². The van der Waals surface area contributed by atoms with Crippen LogP contribution in [-0.2, 0) is 11.8 Å². The fraction of sp³-hybridized carbons (Fsp3) is 0.375. The van der Waals surface area contributed by atoms with Crippen molar-refractivity contribution in [1.82, 2.24) is 14.5 Å². The van der Waals surface area contributed by atoms with E-state index in [1.54, 1.807) is 31.3 Å². The zero-order chi connectivity index (χ0) is 24.1. The van der Waals surface area contributed by atoms with Gasteiger partial charge in [-0.25, -0.2) is 4.98 Å². The van der Waals surface area contributed by atoms with Gasteiger partial charge in [0.15, 0.2) is 11.5 Å². The van der Waals surface area contributed by atoms with E-state index in [4.69, 9.17) is 19.9 Å². The monoisotopic (exact) mass is 467 g/mol. The van der Waals surface area contributed by atoms with Gasteiger partial charge in [0, 0.05) is 32.1 Å². The van der Waals surface area contributed by atoms with E-state index in [-0.39, 0.29) is 11.3 Å². The van der Waals surface area contributed by atoms with Crippen LogP contribution in [0.4, 0.5) is 11.5 Å². The smallest absolute Gasteiger partial charge is 0.275 e. The van der Waals surface area contributed by atoms with Gasteiger partial charge in [-0.2, -0.15) is 0 Å². The Morgan fingerprint density at radius 3 is 2.71 bits per heavy atom. The summed E-state index contributed by atoms with van der Waals surface area (Å²) in [6.45, 7) is 4.83. The summed E-state index contributed by atoms with van der Waals surface area (Å²) in [5.41, 5.74) is 6.01. The Hall–Kier alpha value is -3.63. The number of aromatic nitrogens is 2. The molecule has 34 heavy (non-hydrogen) atoms. The van der Waals surface area contributed by atoms with Crippen molar-refractivity contribution in [2.75, 3.05) is 57.6 Å². The molecule has 3 heterocycles. The Morgan fingerprint density at radius 1 is 1.21 bits per heavy atom. The van der Waals surface area contributed by atoms with Crippen molar-refractivity contribution in [3.63, 3.8) is 0 Å². The molecule has 0 spiro atoms. The number of carbonyl (C=O) groups is 1. The van der Waals surface area contributed by atoms with Crippen LogP contribution < -0.4 is 26.1 Å². The van der Waals surface area contributed by atoms with E-state index in [1.807, 2.05) is 0 Å². The third-order valence-electron chi connectivity index (χ3n) is 5.78. The van der Waals surface area contributed by atoms with Gasteiger partial charge >= 0.3 is 0 Å². The Bertz CT molecular complexity index is 1220. The van der Waals surface area contributed by atoms with Crippen LogP contribution in [0, 0.1) is 0 Å². The molecule has 180 valence electrons. The predicted octanol–water partition coefficient (Wildman–Crippen LogP) is 1.88. The summed E-state index contributed by atoms with van der Waals surface area (Å²) in [5.74, 6) is 0.845. The standard InChI is InChI=1S/C24H29N5O5/c1-28-21(27-23(30)19-6-4-16(25)15-26-19)14-18-17(24(28)31)5-7-20(22(18)32-2)34-11-3-8-29-9-12-33-13-10-29/h4-7,14-15H,3,8-13,25H2,1-2H3,(H,27,30). The van der Waals surface area contributed by atoms with E-state index in [2.05, 4.69) is 15.2 Å². The lowest BCUT2D eigenvalue weighted by molar-refractivity contribution is 0.0357. The summed E-state index contributed by atoms with van der Waals surface area (Å²) in [7, 11) is 3.12. The van der Waals surface area contributed by atoms with Crippen LogP contribution in [0.3, 0.4) is 0 Å². The van der Waals surface area contributed by atoms with E-state index < -0.39 is 5.91 Å². The predicted molar refractivity (Wildman–Crippen MR) is 130 cm³/mol. The molecule has 10 nitrogen and oxygen atoms in total. The molecule has 0 bridgehead atoms. The Kier molecular flexibility index (Phi) is 7.29. The summed E-state index contributed by atoms with van der Waals surface area (Å²) in [4.78, 5) is 32.0. The maximum absolute atomic E-state index is 13.0. The topological polar surface area (TPSA) is 121 Å². The van der Waals surface area contributed by atoms with Gasteiger partial charge in [0.25, 0.3) is 11.5 Å². The molecule has 1 saturated heterocycles. The molecule has 0 radical (unpaired) electrons. The summed E-state index contributed by atoms with van der Waals surface area (Å²) in [5, 5.41) is 3.76. The number of fused-ring (bicyclic) bond motifs is 1. The largest absolute Gasteiger partial charge is 0.492 e. The first-order chi connectivity index (χ1) is 16.5. The number of nitrogens with zero attached hydrogens (tertiary/aromatic N) is 3. The Balaban J connectivity index is 1.55. The maximum Gasteiger partial charge on any atom is 0.275 e. The average molecular weight is 468 g/mol. The van der Waals surface area contributed by atoms with Crippen molar-refractivity contribution in [3.05, 3.63) is 52.6 Å². The van der Waals surface area contributed by atoms with E-state index in [0.717, 1.165) is 39.3 Å². The van der Waals surface area contributed by atoms with Gasteiger partial charge in [-0.3, -0.25) is 19.1 Å². The van der Waals surface area contributed by atoms with Crippen LogP contribution in [0.25, 0.3) is 10.8 Å². The zero-order valence-electron chi connectivity index (χ0n) is 19.4. The minimum atomic E-state index is -0.455. The number of nitrogen functional groups attached to an aromatic ring is 1. The van der Waals surface area contributed by atoms with Gasteiger partial charge in [-0.1, -0.05) is 0 Å². The van der Waals surface area contributed by atoms with Gasteiger partial charge < -0.3 is 25.3 Å². The third-order valence-corrected chi connectivity index (χ3v) is 5.78. The summed E-state index contributed by atoms with van der Waals surface area (Å²) in [6.07, 6.45) is 2.26. The van der Waals surface area contributed by atoms with Gasteiger partial charge in [0.2, 0.25) is 0 Å². The number of benzene rings is 1. The minimum Gasteiger partial charge on any atom is -0.492 e. The number of hydrogen-bond acceptors (Lipinski definition) is 8. The first-order valence-corrected chi connectivity index (χ1v) is 11.1. The molecule has 3 N–H and O–H groups in total. The van der Waals surface area contributed by atoms with Crippen LogP contribution in [0.15, 0.2) is 41.3 Å². The van der Waals surface area contributed by atoms with Crippen molar-refractivity contribution in [1.29, 1.82) is 0 Å².